The molecule has 0 radical (unpaired) electrons. The first-order chi connectivity index (χ1) is 4.84. The van der Waals surface area contributed by atoms with Crippen LogP contribution in [0.15, 0.2) is 30.3 Å². The molecule has 4 nitrogen and oxygen atoms in total. The summed E-state index contributed by atoms with van der Waals surface area (Å²) in [6.45, 7) is 0. The number of hydrogen-bond acceptors (Lipinski definition) is 3. The van der Waals surface area contributed by atoms with Crippen molar-refractivity contribution in [3.8, 4) is 0 Å². The largest absolute Gasteiger partial charge is 0.412 e. The molecule has 0 heterocycles. The Hall–Kier alpha value is -1.39. The Bertz CT molecular complexity index is 222. The van der Waals surface area contributed by atoms with E-state index < -0.39 is 5.97 Å². The summed E-state index contributed by atoms with van der Waals surface area (Å²) in [6.07, 6.45) is 0. The molecule has 0 saturated heterocycles. The molecule has 0 amide bonds. The quantitative estimate of drug-likeness (QED) is 0.574. The maximum Gasteiger partial charge on any atom is 0.356 e. The second kappa shape index (κ2) is 4.43. The highest BCUT2D eigenvalue weighted by Crippen LogP contribution is 1.98. The molecule has 0 fully saturated rings. The van der Waals surface area contributed by atoms with Crippen LogP contribution >= 0.6 is 0 Å². The number of benzene rings is 1. The first kappa shape index (κ1) is 9.61. The van der Waals surface area contributed by atoms with Gasteiger partial charge in [-0.25, -0.2) is 4.79 Å². The molecular weight excluding hydrogens is 146 g/mol. The van der Waals surface area contributed by atoms with Gasteiger partial charge < -0.3 is 10.3 Å². The molecule has 0 aliphatic rings. The van der Waals surface area contributed by atoms with Crippen LogP contribution in [-0.2, 0) is 4.84 Å². The van der Waals surface area contributed by atoms with Gasteiger partial charge in [-0.15, -0.1) is 0 Å². The summed E-state index contributed by atoms with van der Waals surface area (Å²) >= 11 is 0. The van der Waals surface area contributed by atoms with Crippen molar-refractivity contribution in [2.24, 2.45) is 5.90 Å². The third-order valence-corrected chi connectivity index (χ3v) is 1.12. The van der Waals surface area contributed by atoms with Crippen molar-refractivity contribution in [1.82, 2.24) is 0 Å². The van der Waals surface area contributed by atoms with Gasteiger partial charge in [-0.2, -0.15) is 5.90 Å². The third kappa shape index (κ3) is 2.37. The lowest BCUT2D eigenvalue weighted by Crippen LogP contribution is -2.09. The number of carbonyl (C=O) groups is 1. The first-order valence-corrected chi connectivity index (χ1v) is 2.80. The van der Waals surface area contributed by atoms with Gasteiger partial charge in [0.1, 0.15) is 0 Å². The molecule has 0 aliphatic carbocycles. The first-order valence-electron chi connectivity index (χ1n) is 2.80. The van der Waals surface area contributed by atoms with Crippen LogP contribution in [0.1, 0.15) is 10.4 Å². The van der Waals surface area contributed by atoms with E-state index in [9.17, 15) is 4.79 Å². The van der Waals surface area contributed by atoms with Gasteiger partial charge in [-0.3, -0.25) is 0 Å². The summed E-state index contributed by atoms with van der Waals surface area (Å²) in [5.74, 6) is 4.14. The Morgan fingerprint density at radius 3 is 2.27 bits per heavy atom. The molecule has 0 aromatic heterocycles. The molecule has 0 unspecified atom stereocenters. The maximum absolute atomic E-state index is 10.7. The third-order valence-electron chi connectivity index (χ3n) is 1.12. The van der Waals surface area contributed by atoms with Gasteiger partial charge in [0.05, 0.1) is 5.56 Å². The van der Waals surface area contributed by atoms with E-state index in [1.165, 1.54) is 0 Å². The molecule has 0 spiro atoms. The number of hydrogen-bond donors (Lipinski definition) is 1. The molecule has 11 heavy (non-hydrogen) atoms. The molecular formula is C7H9NO3. The minimum atomic E-state index is -0.513. The summed E-state index contributed by atoms with van der Waals surface area (Å²) in [6, 6.07) is 8.57. The van der Waals surface area contributed by atoms with Crippen molar-refractivity contribution in [2.45, 2.75) is 0 Å². The van der Waals surface area contributed by atoms with Crippen molar-refractivity contribution in [2.75, 3.05) is 0 Å². The summed E-state index contributed by atoms with van der Waals surface area (Å²) in [5.41, 5.74) is 0.463. The predicted molar refractivity (Wildman–Crippen MR) is 39.7 cm³/mol. The van der Waals surface area contributed by atoms with Crippen LogP contribution in [0.4, 0.5) is 0 Å². The van der Waals surface area contributed by atoms with E-state index >= 15 is 0 Å². The van der Waals surface area contributed by atoms with Crippen LogP contribution in [-0.4, -0.2) is 11.4 Å². The van der Waals surface area contributed by atoms with Crippen molar-refractivity contribution >= 4 is 5.97 Å². The second-order valence-corrected chi connectivity index (χ2v) is 1.77. The number of rotatable bonds is 1. The Morgan fingerprint density at radius 2 is 1.82 bits per heavy atom. The molecule has 0 saturated carbocycles. The Labute approximate surface area is 63.8 Å². The molecule has 0 aliphatic heterocycles. The van der Waals surface area contributed by atoms with Crippen LogP contribution in [0.5, 0.6) is 0 Å². The number of nitrogens with two attached hydrogens (primary N) is 1. The molecule has 0 atom stereocenters. The fraction of sp³-hybridized carbons (Fsp3) is 0. The lowest BCUT2D eigenvalue weighted by atomic mass is 10.2. The van der Waals surface area contributed by atoms with E-state index in [-0.39, 0.29) is 5.48 Å². The highest BCUT2D eigenvalue weighted by molar-refractivity contribution is 5.88. The van der Waals surface area contributed by atoms with Gasteiger partial charge in [0.25, 0.3) is 0 Å². The van der Waals surface area contributed by atoms with E-state index in [0.29, 0.717) is 5.56 Å². The minimum absolute atomic E-state index is 0. The fourth-order valence-electron chi connectivity index (χ4n) is 0.642. The average Bonchev–Trinajstić information content (AvgIpc) is 2.05. The van der Waals surface area contributed by atoms with E-state index in [4.69, 9.17) is 0 Å². The zero-order chi connectivity index (χ0) is 7.40. The van der Waals surface area contributed by atoms with Gasteiger partial charge in [0, 0.05) is 0 Å². The topological polar surface area (TPSA) is 83.8 Å². The van der Waals surface area contributed by atoms with Crippen molar-refractivity contribution in [3.63, 3.8) is 0 Å². The molecule has 1 rings (SSSR count). The van der Waals surface area contributed by atoms with Crippen LogP contribution in [0.3, 0.4) is 0 Å². The lowest BCUT2D eigenvalue weighted by molar-refractivity contribution is 0.0503. The molecule has 4 heteroatoms. The van der Waals surface area contributed by atoms with Crippen molar-refractivity contribution in [1.29, 1.82) is 0 Å². The molecule has 4 N–H and O–H groups in total. The highest BCUT2D eigenvalue weighted by atomic mass is 16.7. The SMILES string of the molecule is NOC(=O)c1ccccc1.O. The van der Waals surface area contributed by atoms with Gasteiger partial charge in [0.15, 0.2) is 0 Å². The second-order valence-electron chi connectivity index (χ2n) is 1.77. The summed E-state index contributed by atoms with van der Waals surface area (Å²) < 4.78 is 0. The standard InChI is InChI=1S/C7H7NO2.H2O/c8-10-7(9)6-4-2-1-3-5-6;/h1-5H,8H2;1H2. The number of carbonyl (C=O) groups excluding carboxylic acids is 1. The van der Waals surface area contributed by atoms with E-state index in [1.807, 2.05) is 6.07 Å². The summed E-state index contributed by atoms with van der Waals surface area (Å²) in [7, 11) is 0. The van der Waals surface area contributed by atoms with E-state index in [2.05, 4.69) is 10.7 Å². The smallest absolute Gasteiger partial charge is 0.356 e. The van der Waals surface area contributed by atoms with E-state index in [0.717, 1.165) is 0 Å². The Morgan fingerprint density at radius 1 is 1.27 bits per heavy atom. The Kier molecular flexibility index (Phi) is 3.87. The predicted octanol–water partition coefficient (Wildman–Crippen LogP) is -0.108. The molecule has 1 aromatic carbocycles. The Balaban J connectivity index is 0.000001000. The minimum Gasteiger partial charge on any atom is -0.412 e. The lowest BCUT2D eigenvalue weighted by Gasteiger charge is -1.94. The molecule has 0 bridgehead atoms. The zero-order valence-electron chi connectivity index (χ0n) is 5.78. The zero-order valence-corrected chi connectivity index (χ0v) is 5.78. The van der Waals surface area contributed by atoms with Gasteiger partial charge in [0.2, 0.25) is 0 Å². The normalized spacial score (nSPS) is 8.09. The maximum atomic E-state index is 10.7. The van der Waals surface area contributed by atoms with Crippen molar-refractivity contribution in [3.05, 3.63) is 35.9 Å². The fourth-order valence-corrected chi connectivity index (χ4v) is 0.642. The summed E-state index contributed by atoms with van der Waals surface area (Å²) in [5, 5.41) is 0. The van der Waals surface area contributed by atoms with Gasteiger partial charge in [-0.1, -0.05) is 18.2 Å². The monoisotopic (exact) mass is 155 g/mol. The van der Waals surface area contributed by atoms with Crippen LogP contribution in [0, 0.1) is 0 Å². The van der Waals surface area contributed by atoms with Crippen LogP contribution < -0.4 is 5.90 Å². The van der Waals surface area contributed by atoms with Gasteiger partial charge >= 0.3 is 5.97 Å². The van der Waals surface area contributed by atoms with Crippen LogP contribution in [0.25, 0.3) is 0 Å². The van der Waals surface area contributed by atoms with Crippen molar-refractivity contribution < 1.29 is 15.1 Å². The highest BCUT2D eigenvalue weighted by Gasteiger charge is 2.01. The van der Waals surface area contributed by atoms with Gasteiger partial charge in [-0.05, 0) is 12.1 Å². The average molecular weight is 155 g/mol. The van der Waals surface area contributed by atoms with E-state index in [1.54, 1.807) is 24.3 Å². The summed E-state index contributed by atoms with van der Waals surface area (Å²) in [4.78, 5) is 14.7. The molecule has 60 valence electrons. The molecule has 1 aromatic rings. The van der Waals surface area contributed by atoms with Crippen LogP contribution in [0.2, 0.25) is 0 Å².